The zero-order valence-electron chi connectivity index (χ0n) is 32.9. The molecule has 7 atom stereocenters. The highest BCUT2D eigenvalue weighted by Gasteiger charge is 2.33. The van der Waals surface area contributed by atoms with E-state index in [4.69, 9.17) is 28.7 Å². The molecule has 0 aliphatic heterocycles. The number of phenols is 1. The summed E-state index contributed by atoms with van der Waals surface area (Å²) in [6.45, 7) is 9.06. The van der Waals surface area contributed by atoms with Gasteiger partial charge in [-0.1, -0.05) is 46.2 Å². The number of rotatable bonds is 25. The smallest absolute Gasteiger partial charge is 0.326 e. The Hall–Kier alpha value is -5.66. The summed E-state index contributed by atoms with van der Waals surface area (Å²) >= 11 is 0. The first-order valence-electron chi connectivity index (χ1n) is 18.6. The molecule has 0 radical (unpaired) electrons. The average Bonchev–Trinajstić information content (AvgIpc) is 3.12. The van der Waals surface area contributed by atoms with Crippen LogP contribution in [0.25, 0.3) is 0 Å². The fourth-order valence-electron chi connectivity index (χ4n) is 5.37. The van der Waals surface area contributed by atoms with Crippen LogP contribution in [0.3, 0.4) is 0 Å². The molecule has 0 aliphatic rings. The highest BCUT2D eigenvalue weighted by Crippen LogP contribution is 2.13. The van der Waals surface area contributed by atoms with Gasteiger partial charge in [0.15, 0.2) is 11.9 Å². The van der Waals surface area contributed by atoms with Crippen LogP contribution in [-0.4, -0.2) is 107 Å². The van der Waals surface area contributed by atoms with Crippen LogP contribution in [0.4, 0.5) is 0 Å². The zero-order valence-corrected chi connectivity index (χ0v) is 32.9. The van der Waals surface area contributed by atoms with E-state index < -0.39 is 71.8 Å². The summed E-state index contributed by atoms with van der Waals surface area (Å²) in [5.41, 5.74) is 28.0. The maximum absolute atomic E-state index is 13.7. The number of carbonyl (C=O) groups excluding carboxylic acids is 5. The van der Waals surface area contributed by atoms with Crippen molar-refractivity contribution in [3.8, 4) is 5.75 Å². The lowest BCUT2D eigenvalue weighted by Crippen LogP contribution is -2.59. The molecular weight excluding hydrogens is 728 g/mol. The second-order valence-corrected chi connectivity index (χ2v) is 14.1. The highest BCUT2D eigenvalue weighted by atomic mass is 16.4. The van der Waals surface area contributed by atoms with E-state index in [9.17, 15) is 39.0 Å². The Morgan fingerprint density at radius 1 is 0.679 bits per heavy atom. The van der Waals surface area contributed by atoms with Crippen LogP contribution in [0.1, 0.15) is 78.7 Å². The minimum atomic E-state index is -1.38. The minimum absolute atomic E-state index is 0.0113. The monoisotopic (exact) mass is 790 g/mol. The number of nitrogens with zero attached hydrogens (tertiary/aromatic N) is 2. The number of phenolic OH excluding ortho intramolecular Hbond substituents is 1. The van der Waals surface area contributed by atoms with Gasteiger partial charge in [-0.3, -0.25) is 34.0 Å². The number of aliphatic carboxylic acids is 1. The normalized spacial score (nSPS) is 14.7. The molecule has 0 saturated carbocycles. The Morgan fingerprint density at radius 3 is 1.71 bits per heavy atom. The highest BCUT2D eigenvalue weighted by molar-refractivity contribution is 5.96. The fraction of sp³-hybridized carbons (Fsp3) is 0.611. The number of nitrogens with two attached hydrogens (primary N) is 5. The van der Waals surface area contributed by atoms with Gasteiger partial charge in [0.05, 0.1) is 6.04 Å². The van der Waals surface area contributed by atoms with Crippen molar-refractivity contribution in [1.29, 1.82) is 0 Å². The molecule has 0 aromatic heterocycles. The molecule has 20 nitrogen and oxygen atoms in total. The van der Waals surface area contributed by atoms with Gasteiger partial charge in [0.25, 0.3) is 0 Å². The van der Waals surface area contributed by atoms with Crippen molar-refractivity contribution in [2.75, 3.05) is 13.1 Å². The van der Waals surface area contributed by atoms with Gasteiger partial charge < -0.3 is 65.5 Å². The lowest BCUT2D eigenvalue weighted by atomic mass is 9.97. The number of aromatic hydroxyl groups is 1. The molecule has 0 aliphatic carbocycles. The van der Waals surface area contributed by atoms with E-state index in [0.29, 0.717) is 18.4 Å². The van der Waals surface area contributed by atoms with Crippen LogP contribution >= 0.6 is 0 Å². The van der Waals surface area contributed by atoms with Crippen molar-refractivity contribution in [2.45, 2.75) is 116 Å². The van der Waals surface area contributed by atoms with Gasteiger partial charge in [-0.2, -0.15) is 0 Å². The van der Waals surface area contributed by atoms with Crippen molar-refractivity contribution < 1.29 is 39.0 Å². The van der Waals surface area contributed by atoms with Crippen LogP contribution in [0.2, 0.25) is 0 Å². The number of guanidine groups is 2. The molecule has 20 heteroatoms. The maximum Gasteiger partial charge on any atom is 0.326 e. The Morgan fingerprint density at radius 2 is 1.20 bits per heavy atom. The Kier molecular flexibility index (Phi) is 21.3. The van der Waals surface area contributed by atoms with Gasteiger partial charge in [-0.25, -0.2) is 4.79 Å². The number of benzene rings is 1. The maximum atomic E-state index is 13.7. The molecule has 0 heterocycles. The van der Waals surface area contributed by atoms with Crippen LogP contribution in [0.15, 0.2) is 34.3 Å². The predicted molar refractivity (Wildman–Crippen MR) is 211 cm³/mol. The van der Waals surface area contributed by atoms with Crippen molar-refractivity contribution in [1.82, 2.24) is 26.6 Å². The lowest BCUT2D eigenvalue weighted by Gasteiger charge is -2.28. The lowest BCUT2D eigenvalue weighted by molar-refractivity contribution is -0.142. The van der Waals surface area contributed by atoms with Crippen LogP contribution in [0, 0.1) is 11.8 Å². The molecule has 17 N–H and O–H groups in total. The first-order chi connectivity index (χ1) is 26.2. The molecule has 1 rings (SSSR count). The van der Waals surface area contributed by atoms with Gasteiger partial charge in [-0.15, -0.1) is 0 Å². The molecular formula is C36H62N12O8. The number of hydrogen-bond acceptors (Lipinski definition) is 10. The average molecular weight is 791 g/mol. The molecule has 0 spiro atoms. The van der Waals surface area contributed by atoms with Crippen LogP contribution < -0.4 is 55.3 Å². The van der Waals surface area contributed by atoms with Crippen molar-refractivity contribution in [3.05, 3.63) is 29.8 Å². The summed E-state index contributed by atoms with van der Waals surface area (Å²) in [7, 11) is 0. The molecule has 5 amide bonds. The molecule has 1 aromatic carbocycles. The van der Waals surface area contributed by atoms with Gasteiger partial charge in [0, 0.05) is 19.5 Å². The number of hydrogen-bond donors (Lipinski definition) is 12. The fourth-order valence-corrected chi connectivity index (χ4v) is 5.37. The van der Waals surface area contributed by atoms with Crippen LogP contribution in [-0.2, 0) is 35.2 Å². The van der Waals surface area contributed by atoms with Crippen molar-refractivity contribution >= 4 is 47.4 Å². The molecule has 0 bridgehead atoms. The second-order valence-electron chi connectivity index (χ2n) is 14.1. The topological polar surface area (TPSA) is 358 Å². The molecule has 0 saturated heterocycles. The van der Waals surface area contributed by atoms with E-state index in [1.165, 1.54) is 31.2 Å². The summed E-state index contributed by atoms with van der Waals surface area (Å²) in [6.07, 6.45) is 1.48. The van der Waals surface area contributed by atoms with Gasteiger partial charge >= 0.3 is 5.97 Å². The van der Waals surface area contributed by atoms with E-state index in [1.807, 2.05) is 20.8 Å². The number of amides is 5. The van der Waals surface area contributed by atoms with Gasteiger partial charge in [-0.05, 0) is 68.6 Å². The number of carboxylic acid groups (broad SMARTS) is 1. The molecule has 0 unspecified atom stereocenters. The Balaban J connectivity index is 3.12. The SMILES string of the molecule is CC[C@H](C)[C@H](NC(=O)[C@@H](N)CCCN=C(N)N)C(=O)N[C@@H](C)C(=O)N[C@@H](CC(C)C)C(=O)N[C@@H](CCCN=C(N)N)C(=O)N[C@@H](Cc1ccc(O)cc1)C(=O)O. The van der Waals surface area contributed by atoms with E-state index >= 15 is 0 Å². The molecule has 56 heavy (non-hydrogen) atoms. The summed E-state index contributed by atoms with van der Waals surface area (Å²) in [5, 5.41) is 32.5. The summed E-state index contributed by atoms with van der Waals surface area (Å²) in [4.78, 5) is 86.8. The number of nitrogens with one attached hydrogen (secondary N) is 5. The second kappa shape index (κ2) is 24.7. The third-order valence-electron chi connectivity index (χ3n) is 8.76. The molecule has 314 valence electrons. The van der Waals surface area contributed by atoms with Crippen LogP contribution in [0.5, 0.6) is 5.75 Å². The third kappa shape index (κ3) is 18.6. The number of carbonyl (C=O) groups is 6. The summed E-state index contributed by atoms with van der Waals surface area (Å²) < 4.78 is 0. The van der Waals surface area contributed by atoms with Crippen molar-refractivity contribution in [2.24, 2.45) is 50.5 Å². The number of aliphatic imine (C=N–C) groups is 2. The predicted octanol–water partition coefficient (Wildman–Crippen LogP) is -2.01. The Bertz CT molecular complexity index is 1510. The van der Waals surface area contributed by atoms with Crippen molar-refractivity contribution in [3.63, 3.8) is 0 Å². The van der Waals surface area contributed by atoms with Gasteiger partial charge in [0.1, 0.15) is 36.0 Å². The quantitative estimate of drug-likeness (QED) is 0.0290. The third-order valence-corrected chi connectivity index (χ3v) is 8.76. The summed E-state index contributed by atoms with van der Waals surface area (Å²) in [5.74, 6) is -5.46. The first kappa shape index (κ1) is 48.4. The van der Waals surface area contributed by atoms with E-state index in [1.54, 1.807) is 6.92 Å². The van der Waals surface area contributed by atoms with E-state index in [0.717, 1.165) is 0 Å². The first-order valence-corrected chi connectivity index (χ1v) is 18.6. The molecule has 1 aromatic rings. The minimum Gasteiger partial charge on any atom is -0.508 e. The van der Waals surface area contributed by atoms with E-state index in [-0.39, 0.29) is 74.7 Å². The zero-order chi connectivity index (χ0) is 42.5. The number of carboxylic acids is 1. The van der Waals surface area contributed by atoms with Gasteiger partial charge in [0.2, 0.25) is 29.5 Å². The largest absolute Gasteiger partial charge is 0.508 e. The Labute approximate surface area is 327 Å². The molecule has 0 fully saturated rings. The standard InChI is InChI=1S/C36H62N12O8/c1-6-20(4)28(48-30(51)24(37)9-7-15-42-35(38)39)33(54)44-21(5)29(50)46-26(17-19(2)3)32(53)45-25(10-8-16-43-36(40)41)31(52)47-27(34(55)56)18-22-11-13-23(49)14-12-22/h11-14,19-21,24-28,49H,6-10,15-18,37H2,1-5H3,(H,44,54)(H,45,53)(H,46,50)(H,47,52)(H,48,51)(H,55,56)(H4,38,39,42)(H4,40,41,43)/t20-,21-,24-,25-,26-,27-,28-/m0/s1. The summed E-state index contributed by atoms with van der Waals surface area (Å²) in [6, 6.07) is -1.10. The van der Waals surface area contributed by atoms with E-state index in [2.05, 4.69) is 36.6 Å².